The van der Waals surface area contributed by atoms with Crippen LogP contribution in [0.5, 0.6) is 5.75 Å². The Balaban J connectivity index is 1.77. The molecule has 4 rings (SSSR count). The van der Waals surface area contributed by atoms with Gasteiger partial charge in [-0.15, -0.1) is 0 Å². The van der Waals surface area contributed by atoms with Crippen LogP contribution in [-0.2, 0) is 11.2 Å². The van der Waals surface area contributed by atoms with Crippen molar-refractivity contribution >= 4 is 23.5 Å². The molecule has 0 bridgehead atoms. The Bertz CT molecular complexity index is 1070. The van der Waals surface area contributed by atoms with Crippen LogP contribution in [0, 0.1) is 11.8 Å². The van der Waals surface area contributed by atoms with Gasteiger partial charge in [0.15, 0.2) is 5.69 Å². The van der Waals surface area contributed by atoms with E-state index in [4.69, 9.17) is 16.3 Å². The number of fused-ring (bicyclic) bond motifs is 3. The van der Waals surface area contributed by atoms with Crippen LogP contribution >= 0.6 is 11.6 Å². The van der Waals surface area contributed by atoms with E-state index in [9.17, 15) is 19.8 Å². The van der Waals surface area contributed by atoms with Crippen LogP contribution in [0.15, 0.2) is 18.2 Å². The van der Waals surface area contributed by atoms with E-state index >= 15 is 0 Å². The third-order valence-corrected chi connectivity index (χ3v) is 5.22. The van der Waals surface area contributed by atoms with Gasteiger partial charge in [-0.05, 0) is 18.2 Å². The Kier molecular flexibility index (Phi) is 4.29. The number of nitrogens with zero attached hydrogens (tertiary/aromatic N) is 3. The summed E-state index contributed by atoms with van der Waals surface area (Å²) in [5.41, 5.74) is -0.372. The number of benzene rings is 1. The van der Waals surface area contributed by atoms with Gasteiger partial charge in [0.1, 0.15) is 11.4 Å². The monoisotopic (exact) mass is 401 g/mol. The molecule has 144 valence electrons. The lowest BCUT2D eigenvalue weighted by Gasteiger charge is -2.13. The fraction of sp³-hybridized carbons (Fsp3) is 0.316. The number of hydrogen-bond donors (Lipinski definition) is 2. The van der Waals surface area contributed by atoms with Crippen molar-refractivity contribution in [2.75, 3.05) is 20.2 Å². The first kappa shape index (κ1) is 18.3. The molecule has 2 aliphatic rings. The number of carbonyl (C=O) groups is 2. The molecular weight excluding hydrogens is 386 g/mol. The molecule has 1 amide bonds. The predicted octanol–water partition coefficient (Wildman–Crippen LogP) is 1.10. The molecule has 1 aromatic heterocycles. The van der Waals surface area contributed by atoms with Crippen molar-refractivity contribution in [3.63, 3.8) is 0 Å². The molecule has 0 saturated carbocycles. The third-order valence-electron chi connectivity index (χ3n) is 4.83. The molecule has 2 N–H and O–H groups in total. The second kappa shape index (κ2) is 6.55. The summed E-state index contributed by atoms with van der Waals surface area (Å²) >= 11 is 6.19. The van der Waals surface area contributed by atoms with Gasteiger partial charge in [-0.25, -0.2) is 9.48 Å². The highest BCUT2D eigenvalue weighted by atomic mass is 35.5. The first-order chi connectivity index (χ1) is 13.3. The summed E-state index contributed by atoms with van der Waals surface area (Å²) in [6, 6.07) is 5.06. The lowest BCUT2D eigenvalue weighted by molar-refractivity contribution is -0.137. The summed E-state index contributed by atoms with van der Waals surface area (Å²) in [6.45, 7) is 0.762. The normalized spacial score (nSPS) is 20.5. The zero-order valence-electron chi connectivity index (χ0n) is 14.9. The maximum atomic E-state index is 12.1. The van der Waals surface area contributed by atoms with E-state index in [2.05, 4.69) is 16.9 Å². The van der Waals surface area contributed by atoms with E-state index < -0.39 is 17.5 Å². The van der Waals surface area contributed by atoms with Crippen molar-refractivity contribution in [1.82, 2.24) is 14.7 Å². The first-order valence-corrected chi connectivity index (χ1v) is 8.97. The van der Waals surface area contributed by atoms with Crippen molar-refractivity contribution in [1.29, 1.82) is 0 Å². The van der Waals surface area contributed by atoms with Gasteiger partial charge in [0.2, 0.25) is 5.60 Å². The molecule has 28 heavy (non-hydrogen) atoms. The topological polar surface area (TPSA) is 105 Å². The number of carboxylic acids is 1. The van der Waals surface area contributed by atoms with E-state index in [0.717, 1.165) is 0 Å². The Morgan fingerprint density at radius 1 is 1.43 bits per heavy atom. The number of aromatic carboxylic acids is 1. The van der Waals surface area contributed by atoms with Gasteiger partial charge < -0.3 is 19.8 Å². The molecule has 1 aromatic carbocycles. The molecule has 2 aliphatic heterocycles. The van der Waals surface area contributed by atoms with Crippen molar-refractivity contribution in [3.8, 4) is 23.3 Å². The lowest BCUT2D eigenvalue weighted by atomic mass is 10.0. The van der Waals surface area contributed by atoms with Crippen molar-refractivity contribution in [2.45, 2.75) is 18.4 Å². The second-order valence-electron chi connectivity index (χ2n) is 6.69. The van der Waals surface area contributed by atoms with E-state index in [1.54, 1.807) is 25.2 Å². The molecule has 9 heteroatoms. The summed E-state index contributed by atoms with van der Waals surface area (Å²) in [5.74, 6) is 4.36. The van der Waals surface area contributed by atoms with Gasteiger partial charge in [0.25, 0.3) is 5.91 Å². The molecule has 0 radical (unpaired) electrons. The minimum absolute atomic E-state index is 0.0781. The van der Waals surface area contributed by atoms with Crippen LogP contribution in [0.4, 0.5) is 0 Å². The average Bonchev–Trinajstić information content (AvgIpc) is 3.05. The molecule has 8 nitrogen and oxygen atoms in total. The molecule has 3 heterocycles. The highest BCUT2D eigenvalue weighted by molar-refractivity contribution is 6.34. The quantitative estimate of drug-likeness (QED) is 0.693. The highest BCUT2D eigenvalue weighted by Gasteiger charge is 2.42. The van der Waals surface area contributed by atoms with E-state index in [0.29, 0.717) is 42.3 Å². The summed E-state index contributed by atoms with van der Waals surface area (Å²) < 4.78 is 7.15. The molecule has 0 aliphatic carbocycles. The van der Waals surface area contributed by atoms with Crippen LogP contribution in [0.2, 0.25) is 5.02 Å². The predicted molar refractivity (Wildman–Crippen MR) is 98.8 cm³/mol. The van der Waals surface area contributed by atoms with Crippen LogP contribution < -0.4 is 4.74 Å². The number of halogens is 1. The Morgan fingerprint density at radius 2 is 2.21 bits per heavy atom. The largest absolute Gasteiger partial charge is 0.491 e. The minimum Gasteiger partial charge on any atom is -0.491 e. The number of aliphatic hydroxyl groups is 1. The number of aromatic nitrogens is 2. The molecule has 1 saturated heterocycles. The fourth-order valence-corrected chi connectivity index (χ4v) is 3.56. The van der Waals surface area contributed by atoms with Gasteiger partial charge in [-0.2, -0.15) is 5.10 Å². The average molecular weight is 402 g/mol. The molecule has 2 aromatic rings. The maximum Gasteiger partial charge on any atom is 0.358 e. The maximum absolute atomic E-state index is 12.1. The standard InChI is InChI=1S/C19H16ClN3O5/c1-22-8-7-19(27,18(22)26)6-4-11-2-3-14-13(10-11)23-12(5-9-28-14)15(20)16(21-23)17(24)25/h2-3,10,27H,5,7-9H2,1H3,(H,24,25). The Labute approximate surface area is 165 Å². The molecule has 0 spiro atoms. The van der Waals surface area contributed by atoms with Crippen molar-refractivity contribution < 1.29 is 24.5 Å². The van der Waals surface area contributed by atoms with Gasteiger partial charge >= 0.3 is 5.97 Å². The van der Waals surface area contributed by atoms with Crippen LogP contribution in [0.3, 0.4) is 0 Å². The number of carboxylic acid groups (broad SMARTS) is 1. The molecule has 1 atom stereocenters. The number of amides is 1. The van der Waals surface area contributed by atoms with Gasteiger partial charge in [0, 0.05) is 32.0 Å². The van der Waals surface area contributed by atoms with Crippen LogP contribution in [0.1, 0.15) is 28.2 Å². The van der Waals surface area contributed by atoms with E-state index in [1.807, 2.05) is 0 Å². The summed E-state index contributed by atoms with van der Waals surface area (Å²) in [4.78, 5) is 24.9. The number of carbonyl (C=O) groups excluding carboxylic acids is 1. The number of likely N-dealkylation sites (tertiary alicyclic amines) is 1. The fourth-order valence-electron chi connectivity index (χ4n) is 3.27. The van der Waals surface area contributed by atoms with Crippen molar-refractivity contribution in [3.05, 3.63) is 40.2 Å². The van der Waals surface area contributed by atoms with E-state index in [1.165, 1.54) is 9.58 Å². The van der Waals surface area contributed by atoms with E-state index in [-0.39, 0.29) is 17.1 Å². The Hall–Kier alpha value is -3.02. The number of ether oxygens (including phenoxy) is 1. The van der Waals surface area contributed by atoms with Crippen LogP contribution in [0.25, 0.3) is 5.69 Å². The van der Waals surface area contributed by atoms with Crippen molar-refractivity contribution in [2.24, 2.45) is 0 Å². The number of rotatable bonds is 1. The summed E-state index contributed by atoms with van der Waals surface area (Å²) in [7, 11) is 1.62. The highest BCUT2D eigenvalue weighted by Crippen LogP contribution is 2.32. The SMILES string of the molecule is CN1CCC(O)(C#Cc2ccc3c(c2)-n2nc(C(=O)O)c(Cl)c2CCO3)C1=O. The van der Waals surface area contributed by atoms with Gasteiger partial charge in [-0.3, -0.25) is 4.79 Å². The molecular formula is C19H16ClN3O5. The zero-order chi connectivity index (χ0) is 20.1. The smallest absolute Gasteiger partial charge is 0.358 e. The molecule has 1 fully saturated rings. The van der Waals surface area contributed by atoms with Gasteiger partial charge in [-0.1, -0.05) is 23.4 Å². The Morgan fingerprint density at radius 3 is 2.89 bits per heavy atom. The lowest BCUT2D eigenvalue weighted by Crippen LogP contribution is -2.37. The van der Waals surface area contributed by atoms with Gasteiger partial charge in [0.05, 0.1) is 17.3 Å². The zero-order valence-corrected chi connectivity index (χ0v) is 15.7. The number of hydrogen-bond acceptors (Lipinski definition) is 5. The number of likely N-dealkylation sites (N-methyl/N-ethyl adjacent to an activating group) is 1. The first-order valence-electron chi connectivity index (χ1n) is 8.59. The summed E-state index contributed by atoms with van der Waals surface area (Å²) in [5, 5.41) is 23.9. The third kappa shape index (κ3) is 2.89. The summed E-state index contributed by atoms with van der Waals surface area (Å²) in [6.07, 6.45) is 0.639. The molecule has 1 unspecified atom stereocenters. The minimum atomic E-state index is -1.70. The second-order valence-corrected chi connectivity index (χ2v) is 7.07. The van der Waals surface area contributed by atoms with Crippen LogP contribution in [-0.4, -0.2) is 62.6 Å².